The zero-order chi connectivity index (χ0) is 17.8. The number of aromatic nitrogens is 1. The van der Waals surface area contributed by atoms with Crippen molar-refractivity contribution in [2.75, 3.05) is 31.1 Å². The zero-order valence-corrected chi connectivity index (χ0v) is 15.5. The van der Waals surface area contributed by atoms with Crippen LogP contribution in [0.25, 0.3) is 12.2 Å². The van der Waals surface area contributed by atoms with Crippen molar-refractivity contribution in [1.29, 1.82) is 0 Å². The fraction of sp³-hybridized carbons (Fsp3) is 0.263. The van der Waals surface area contributed by atoms with E-state index in [1.165, 1.54) is 0 Å². The number of hydrogen-bond donors (Lipinski definition) is 0. The van der Waals surface area contributed by atoms with E-state index in [4.69, 9.17) is 23.2 Å². The highest BCUT2D eigenvalue weighted by atomic mass is 35.5. The van der Waals surface area contributed by atoms with Crippen molar-refractivity contribution >= 4 is 46.9 Å². The number of carbonyl (C=O) groups is 1. The number of nitrogens with zero attached hydrogens (tertiary/aromatic N) is 3. The lowest BCUT2D eigenvalue weighted by molar-refractivity contribution is -0.129. The molecule has 1 amide bonds. The molecule has 1 aromatic heterocycles. The van der Waals surface area contributed by atoms with Crippen molar-refractivity contribution in [2.45, 2.75) is 6.92 Å². The molecule has 130 valence electrons. The maximum atomic E-state index is 11.4. The van der Waals surface area contributed by atoms with Crippen molar-refractivity contribution < 1.29 is 4.79 Å². The van der Waals surface area contributed by atoms with Gasteiger partial charge in [-0.2, -0.15) is 0 Å². The van der Waals surface area contributed by atoms with Gasteiger partial charge in [-0.1, -0.05) is 35.3 Å². The third-order valence-electron chi connectivity index (χ3n) is 4.25. The van der Waals surface area contributed by atoms with Crippen LogP contribution in [0.15, 0.2) is 36.5 Å². The van der Waals surface area contributed by atoms with Crippen LogP contribution in [0.3, 0.4) is 0 Å². The van der Waals surface area contributed by atoms with E-state index in [0.717, 1.165) is 43.1 Å². The van der Waals surface area contributed by atoms with E-state index in [2.05, 4.69) is 16.0 Å². The Morgan fingerprint density at radius 2 is 1.80 bits per heavy atom. The minimum absolute atomic E-state index is 0.139. The lowest BCUT2D eigenvalue weighted by Crippen LogP contribution is -2.48. The molecule has 3 rings (SSSR count). The van der Waals surface area contributed by atoms with Crippen molar-refractivity contribution in [3.63, 3.8) is 0 Å². The van der Waals surface area contributed by atoms with Gasteiger partial charge in [0, 0.05) is 45.0 Å². The molecule has 4 nitrogen and oxygen atoms in total. The molecular weight excluding hydrogens is 357 g/mol. The Morgan fingerprint density at radius 1 is 1.04 bits per heavy atom. The van der Waals surface area contributed by atoms with Gasteiger partial charge >= 0.3 is 0 Å². The first-order valence-corrected chi connectivity index (χ1v) is 8.88. The van der Waals surface area contributed by atoms with Crippen LogP contribution in [-0.2, 0) is 4.79 Å². The van der Waals surface area contributed by atoms with Gasteiger partial charge in [-0.15, -0.1) is 0 Å². The van der Waals surface area contributed by atoms with Gasteiger partial charge in [-0.05, 0) is 35.9 Å². The summed E-state index contributed by atoms with van der Waals surface area (Å²) in [6, 6.07) is 9.57. The summed E-state index contributed by atoms with van der Waals surface area (Å²) in [6.07, 6.45) is 5.72. The number of carbonyl (C=O) groups excluding carboxylic acids is 1. The van der Waals surface area contributed by atoms with Crippen molar-refractivity contribution in [1.82, 2.24) is 9.88 Å². The zero-order valence-electron chi connectivity index (χ0n) is 14.0. The predicted octanol–water partition coefficient (Wildman–Crippen LogP) is 4.23. The molecule has 0 unspecified atom stereocenters. The summed E-state index contributed by atoms with van der Waals surface area (Å²) in [5, 5.41) is 1.08. The van der Waals surface area contributed by atoms with Crippen molar-refractivity contribution in [3.8, 4) is 0 Å². The molecule has 0 atom stereocenters. The van der Waals surface area contributed by atoms with Crippen molar-refractivity contribution in [2.24, 2.45) is 0 Å². The summed E-state index contributed by atoms with van der Waals surface area (Å²) >= 11 is 12.0. The molecule has 6 heteroatoms. The van der Waals surface area contributed by atoms with Gasteiger partial charge in [0.05, 0.1) is 15.7 Å². The molecule has 1 saturated heterocycles. The predicted molar refractivity (Wildman–Crippen MR) is 104 cm³/mol. The van der Waals surface area contributed by atoms with E-state index < -0.39 is 0 Å². The van der Waals surface area contributed by atoms with Gasteiger partial charge in [0.1, 0.15) is 0 Å². The van der Waals surface area contributed by atoms with Gasteiger partial charge in [-0.3, -0.25) is 9.78 Å². The lowest BCUT2D eigenvalue weighted by atomic mass is 10.2. The molecule has 0 saturated carbocycles. The Labute approximate surface area is 157 Å². The highest BCUT2D eigenvalue weighted by Gasteiger charge is 2.18. The van der Waals surface area contributed by atoms with Crippen LogP contribution in [0.5, 0.6) is 0 Å². The number of amides is 1. The average molecular weight is 376 g/mol. The standard InChI is InChI=1S/C19H19Cl2N3O/c1-14(25)23-8-10-24(11-9-23)17-6-7-22-16(13-17)4-2-15-3-5-18(20)19(21)12-15/h2-7,12-13H,8-11H2,1H3. The molecule has 1 fully saturated rings. The molecule has 1 aliphatic heterocycles. The second-order valence-electron chi connectivity index (χ2n) is 5.94. The first-order chi connectivity index (χ1) is 12.0. The number of hydrogen-bond acceptors (Lipinski definition) is 3. The molecule has 0 radical (unpaired) electrons. The molecular formula is C19H19Cl2N3O. The first-order valence-electron chi connectivity index (χ1n) is 8.12. The Bertz CT molecular complexity index is 799. The number of pyridine rings is 1. The summed E-state index contributed by atoms with van der Waals surface area (Å²) in [7, 11) is 0. The van der Waals surface area contributed by atoms with E-state index in [1.807, 2.05) is 35.3 Å². The third-order valence-corrected chi connectivity index (χ3v) is 4.98. The molecule has 0 spiro atoms. The van der Waals surface area contributed by atoms with Crippen LogP contribution in [-0.4, -0.2) is 42.0 Å². The molecule has 2 heterocycles. The number of benzene rings is 1. The van der Waals surface area contributed by atoms with Gasteiger partial charge in [0.25, 0.3) is 0 Å². The van der Waals surface area contributed by atoms with Crippen LogP contribution in [0.2, 0.25) is 10.0 Å². The second-order valence-corrected chi connectivity index (χ2v) is 6.75. The van der Waals surface area contributed by atoms with E-state index in [1.54, 1.807) is 19.2 Å². The fourth-order valence-corrected chi connectivity index (χ4v) is 3.11. The van der Waals surface area contributed by atoms with Crippen LogP contribution in [0.1, 0.15) is 18.2 Å². The van der Waals surface area contributed by atoms with Crippen LogP contribution >= 0.6 is 23.2 Å². The lowest BCUT2D eigenvalue weighted by Gasteiger charge is -2.35. The maximum Gasteiger partial charge on any atom is 0.219 e. The normalized spacial score (nSPS) is 15.0. The summed E-state index contributed by atoms with van der Waals surface area (Å²) in [5.74, 6) is 0.139. The Balaban J connectivity index is 1.70. The number of anilines is 1. The highest BCUT2D eigenvalue weighted by Crippen LogP contribution is 2.24. The molecule has 1 aromatic carbocycles. The topological polar surface area (TPSA) is 36.4 Å². The smallest absolute Gasteiger partial charge is 0.219 e. The molecule has 0 aliphatic carbocycles. The Kier molecular flexibility index (Phi) is 5.61. The Hall–Kier alpha value is -2.04. The molecule has 0 N–H and O–H groups in total. The third kappa shape index (κ3) is 4.53. The molecule has 25 heavy (non-hydrogen) atoms. The van der Waals surface area contributed by atoms with Crippen molar-refractivity contribution in [3.05, 3.63) is 57.8 Å². The highest BCUT2D eigenvalue weighted by molar-refractivity contribution is 6.42. The summed E-state index contributed by atoms with van der Waals surface area (Å²) in [6.45, 7) is 4.80. The summed E-state index contributed by atoms with van der Waals surface area (Å²) in [5.41, 5.74) is 2.96. The van der Waals surface area contributed by atoms with Crippen LogP contribution < -0.4 is 4.90 Å². The number of rotatable bonds is 3. The monoisotopic (exact) mass is 375 g/mol. The van der Waals surface area contributed by atoms with Gasteiger partial charge in [-0.25, -0.2) is 0 Å². The number of piperazine rings is 1. The summed E-state index contributed by atoms with van der Waals surface area (Å²) in [4.78, 5) is 20.0. The minimum atomic E-state index is 0.139. The molecule has 1 aliphatic rings. The van der Waals surface area contributed by atoms with E-state index in [-0.39, 0.29) is 5.91 Å². The van der Waals surface area contributed by atoms with Crippen LogP contribution in [0.4, 0.5) is 5.69 Å². The first kappa shape index (κ1) is 17.8. The second kappa shape index (κ2) is 7.89. The maximum absolute atomic E-state index is 11.4. The average Bonchev–Trinajstić information content (AvgIpc) is 2.63. The van der Waals surface area contributed by atoms with Crippen LogP contribution in [0, 0.1) is 0 Å². The Morgan fingerprint density at radius 3 is 2.48 bits per heavy atom. The van der Waals surface area contributed by atoms with E-state index in [9.17, 15) is 4.79 Å². The van der Waals surface area contributed by atoms with E-state index in [0.29, 0.717) is 10.0 Å². The van der Waals surface area contributed by atoms with E-state index >= 15 is 0 Å². The molecule has 0 bridgehead atoms. The van der Waals surface area contributed by atoms with Gasteiger partial charge in [0.15, 0.2) is 0 Å². The van der Waals surface area contributed by atoms with Gasteiger partial charge in [0.2, 0.25) is 5.91 Å². The summed E-state index contributed by atoms with van der Waals surface area (Å²) < 4.78 is 0. The fourth-order valence-electron chi connectivity index (χ4n) is 2.80. The number of halogens is 2. The largest absolute Gasteiger partial charge is 0.368 e. The minimum Gasteiger partial charge on any atom is -0.368 e. The quantitative estimate of drug-likeness (QED) is 0.805. The SMILES string of the molecule is CC(=O)N1CCN(c2ccnc(C=Cc3ccc(Cl)c(Cl)c3)c2)CC1. The molecule has 2 aromatic rings. The van der Waals surface area contributed by atoms with Gasteiger partial charge < -0.3 is 9.80 Å².